The number of esters is 1. The lowest BCUT2D eigenvalue weighted by atomic mass is 9.96. The van der Waals surface area contributed by atoms with E-state index in [9.17, 15) is 4.79 Å². The Bertz CT molecular complexity index is 396. The summed E-state index contributed by atoms with van der Waals surface area (Å²) in [5, 5.41) is 0. The highest BCUT2D eigenvalue weighted by Crippen LogP contribution is 2.11. The van der Waals surface area contributed by atoms with Crippen molar-refractivity contribution in [2.45, 2.75) is 13.8 Å². The van der Waals surface area contributed by atoms with Crippen molar-refractivity contribution in [2.75, 3.05) is 7.11 Å². The standard InChI is InChI=1S/C14H16O2/c1-11(2)13(14(15)16-3)10-9-12-7-5-4-6-8-12/h4-8,11,13H,1-3H3. The largest absolute Gasteiger partial charge is 0.468 e. The minimum Gasteiger partial charge on any atom is -0.468 e. The van der Waals surface area contributed by atoms with E-state index in [1.807, 2.05) is 44.2 Å². The minimum absolute atomic E-state index is 0.156. The molecule has 0 N–H and O–H groups in total. The first-order valence-corrected chi connectivity index (χ1v) is 5.29. The molecule has 0 bridgehead atoms. The second kappa shape index (κ2) is 5.97. The number of carbonyl (C=O) groups excluding carboxylic acids is 1. The van der Waals surface area contributed by atoms with E-state index in [0.717, 1.165) is 5.56 Å². The number of benzene rings is 1. The summed E-state index contributed by atoms with van der Waals surface area (Å²) in [6.07, 6.45) is 0. The quantitative estimate of drug-likeness (QED) is 0.561. The third kappa shape index (κ3) is 3.43. The van der Waals surface area contributed by atoms with Crippen molar-refractivity contribution in [1.29, 1.82) is 0 Å². The zero-order chi connectivity index (χ0) is 12.0. The first kappa shape index (κ1) is 12.3. The van der Waals surface area contributed by atoms with Gasteiger partial charge in [0.1, 0.15) is 5.92 Å². The summed E-state index contributed by atoms with van der Waals surface area (Å²) >= 11 is 0. The van der Waals surface area contributed by atoms with Gasteiger partial charge in [0.15, 0.2) is 0 Å². The molecule has 0 spiro atoms. The molecule has 0 radical (unpaired) electrons. The van der Waals surface area contributed by atoms with Crippen molar-refractivity contribution in [1.82, 2.24) is 0 Å². The van der Waals surface area contributed by atoms with Crippen molar-refractivity contribution in [3.8, 4) is 11.8 Å². The molecule has 2 heteroatoms. The zero-order valence-corrected chi connectivity index (χ0v) is 9.86. The molecule has 0 fully saturated rings. The Morgan fingerprint density at radius 3 is 2.38 bits per heavy atom. The summed E-state index contributed by atoms with van der Waals surface area (Å²) in [6, 6.07) is 9.62. The molecule has 1 rings (SSSR count). The van der Waals surface area contributed by atoms with Crippen molar-refractivity contribution >= 4 is 5.97 Å². The van der Waals surface area contributed by atoms with Crippen LogP contribution in [0.2, 0.25) is 0 Å². The molecule has 84 valence electrons. The van der Waals surface area contributed by atoms with Crippen LogP contribution in [0.4, 0.5) is 0 Å². The van der Waals surface area contributed by atoms with Gasteiger partial charge < -0.3 is 4.74 Å². The van der Waals surface area contributed by atoms with Gasteiger partial charge in [-0.2, -0.15) is 0 Å². The van der Waals surface area contributed by atoms with Crippen molar-refractivity contribution in [3.63, 3.8) is 0 Å². The van der Waals surface area contributed by atoms with Gasteiger partial charge in [0, 0.05) is 5.56 Å². The Morgan fingerprint density at radius 2 is 1.88 bits per heavy atom. The first-order chi connectivity index (χ1) is 7.65. The maximum absolute atomic E-state index is 11.4. The summed E-state index contributed by atoms with van der Waals surface area (Å²) in [5.41, 5.74) is 0.914. The zero-order valence-electron chi connectivity index (χ0n) is 9.86. The highest BCUT2D eigenvalue weighted by Gasteiger charge is 2.20. The molecule has 0 saturated heterocycles. The second-order valence-electron chi connectivity index (χ2n) is 3.88. The molecular formula is C14H16O2. The second-order valence-corrected chi connectivity index (χ2v) is 3.88. The number of ether oxygens (including phenoxy) is 1. The number of carbonyl (C=O) groups is 1. The maximum Gasteiger partial charge on any atom is 0.321 e. The fourth-order valence-corrected chi connectivity index (χ4v) is 1.31. The van der Waals surface area contributed by atoms with Crippen molar-refractivity contribution in [2.24, 2.45) is 11.8 Å². The molecule has 0 saturated carbocycles. The summed E-state index contributed by atoms with van der Waals surface area (Å²) in [6.45, 7) is 3.92. The van der Waals surface area contributed by atoms with E-state index in [4.69, 9.17) is 4.74 Å². The van der Waals surface area contributed by atoms with E-state index in [0.29, 0.717) is 0 Å². The first-order valence-electron chi connectivity index (χ1n) is 5.29. The van der Waals surface area contributed by atoms with Gasteiger partial charge in [-0.3, -0.25) is 4.79 Å². The van der Waals surface area contributed by atoms with Gasteiger partial charge in [-0.15, -0.1) is 0 Å². The van der Waals surface area contributed by atoms with Crippen LogP contribution in [0.25, 0.3) is 0 Å². The molecule has 0 amide bonds. The molecule has 0 aliphatic carbocycles. The maximum atomic E-state index is 11.4. The predicted octanol–water partition coefficient (Wildman–Crippen LogP) is 2.48. The molecule has 0 heterocycles. The van der Waals surface area contributed by atoms with Crippen LogP contribution in [0.3, 0.4) is 0 Å². The summed E-state index contributed by atoms with van der Waals surface area (Å²) in [4.78, 5) is 11.4. The number of hydrogen-bond acceptors (Lipinski definition) is 2. The molecule has 1 unspecified atom stereocenters. The highest BCUT2D eigenvalue weighted by molar-refractivity contribution is 5.76. The lowest BCUT2D eigenvalue weighted by molar-refractivity contribution is -0.144. The fourth-order valence-electron chi connectivity index (χ4n) is 1.31. The summed E-state index contributed by atoms with van der Waals surface area (Å²) in [5.74, 6) is 5.49. The van der Waals surface area contributed by atoms with E-state index in [1.165, 1.54) is 7.11 Å². The van der Waals surface area contributed by atoms with Crippen LogP contribution in [0.5, 0.6) is 0 Å². The molecule has 16 heavy (non-hydrogen) atoms. The van der Waals surface area contributed by atoms with E-state index < -0.39 is 0 Å². The molecule has 1 aromatic rings. The Labute approximate surface area is 96.6 Å². The number of hydrogen-bond donors (Lipinski definition) is 0. The Hall–Kier alpha value is -1.75. The van der Waals surface area contributed by atoms with Crippen LogP contribution >= 0.6 is 0 Å². The average molecular weight is 216 g/mol. The van der Waals surface area contributed by atoms with E-state index >= 15 is 0 Å². The van der Waals surface area contributed by atoms with Gasteiger partial charge in [0.2, 0.25) is 0 Å². The molecule has 1 atom stereocenters. The monoisotopic (exact) mass is 216 g/mol. The molecule has 0 aliphatic heterocycles. The normalized spacial score (nSPS) is 11.5. The highest BCUT2D eigenvalue weighted by atomic mass is 16.5. The molecule has 0 aliphatic rings. The molecule has 0 aromatic heterocycles. The van der Waals surface area contributed by atoms with Crippen LogP contribution in [-0.2, 0) is 9.53 Å². The Kier molecular flexibility index (Phi) is 4.60. The lowest BCUT2D eigenvalue weighted by Crippen LogP contribution is -2.19. The van der Waals surface area contributed by atoms with Gasteiger partial charge in [0.05, 0.1) is 7.11 Å². The van der Waals surface area contributed by atoms with Crippen LogP contribution in [0, 0.1) is 23.7 Å². The van der Waals surface area contributed by atoms with E-state index in [2.05, 4.69) is 11.8 Å². The van der Waals surface area contributed by atoms with Crippen molar-refractivity contribution in [3.05, 3.63) is 35.9 Å². The smallest absolute Gasteiger partial charge is 0.321 e. The third-order valence-corrected chi connectivity index (χ3v) is 2.27. The van der Waals surface area contributed by atoms with Gasteiger partial charge in [0.25, 0.3) is 0 Å². The molecule has 2 nitrogen and oxygen atoms in total. The SMILES string of the molecule is COC(=O)C(C#Cc1ccccc1)C(C)C. The average Bonchev–Trinajstić information content (AvgIpc) is 2.30. The Balaban J connectivity index is 2.84. The number of rotatable bonds is 2. The van der Waals surface area contributed by atoms with Crippen LogP contribution < -0.4 is 0 Å². The van der Waals surface area contributed by atoms with E-state index in [-0.39, 0.29) is 17.8 Å². The predicted molar refractivity (Wildman–Crippen MR) is 63.7 cm³/mol. The van der Waals surface area contributed by atoms with Crippen LogP contribution in [-0.4, -0.2) is 13.1 Å². The fraction of sp³-hybridized carbons (Fsp3) is 0.357. The third-order valence-electron chi connectivity index (χ3n) is 2.27. The summed E-state index contributed by atoms with van der Waals surface area (Å²) < 4.78 is 4.72. The lowest BCUT2D eigenvalue weighted by Gasteiger charge is -2.11. The van der Waals surface area contributed by atoms with Crippen LogP contribution in [0.1, 0.15) is 19.4 Å². The molecule has 1 aromatic carbocycles. The topological polar surface area (TPSA) is 26.3 Å². The summed E-state index contributed by atoms with van der Waals surface area (Å²) in [7, 11) is 1.39. The molecular weight excluding hydrogens is 200 g/mol. The van der Waals surface area contributed by atoms with Crippen molar-refractivity contribution < 1.29 is 9.53 Å². The number of methoxy groups -OCH3 is 1. The van der Waals surface area contributed by atoms with Gasteiger partial charge in [-0.1, -0.05) is 43.9 Å². The van der Waals surface area contributed by atoms with E-state index in [1.54, 1.807) is 0 Å². The minimum atomic E-state index is -0.356. The van der Waals surface area contributed by atoms with Gasteiger partial charge >= 0.3 is 5.97 Å². The van der Waals surface area contributed by atoms with Gasteiger partial charge in [-0.25, -0.2) is 0 Å². The Morgan fingerprint density at radius 1 is 1.25 bits per heavy atom. The van der Waals surface area contributed by atoms with Crippen LogP contribution in [0.15, 0.2) is 30.3 Å². The van der Waals surface area contributed by atoms with Gasteiger partial charge in [-0.05, 0) is 18.1 Å².